The molecule has 2 heterocycles. The molecule has 4 nitrogen and oxygen atoms in total. The molecule has 9 aromatic rings. The van der Waals surface area contributed by atoms with Crippen LogP contribution in [0.25, 0.3) is 83.9 Å². The van der Waals surface area contributed by atoms with Crippen molar-refractivity contribution in [2.75, 3.05) is 0 Å². The zero-order valence-corrected chi connectivity index (χ0v) is 34.7. The number of phenolic OH excluding ortho intramolecular Hbond substituents is 1. The first-order valence-corrected chi connectivity index (χ1v) is 20.3. The van der Waals surface area contributed by atoms with Gasteiger partial charge in [-0.15, -0.1) is 0 Å². The van der Waals surface area contributed by atoms with E-state index in [1.807, 2.05) is 83.6 Å². The van der Waals surface area contributed by atoms with Gasteiger partial charge in [0.2, 0.25) is 0 Å². The third-order valence-corrected chi connectivity index (χ3v) is 11.1. The Bertz CT molecular complexity index is 3260. The molecule has 0 saturated carbocycles. The number of aromatic hydroxyl groups is 1. The number of hydrogen-bond acceptors (Lipinski definition) is 3. The van der Waals surface area contributed by atoms with Crippen molar-refractivity contribution in [2.24, 2.45) is 0 Å². The van der Waals surface area contributed by atoms with E-state index in [0.717, 1.165) is 55.8 Å². The van der Waals surface area contributed by atoms with Gasteiger partial charge in [-0.25, -0.2) is 4.98 Å². The summed E-state index contributed by atoms with van der Waals surface area (Å²) < 4.78 is 45.6. The molecule has 0 saturated heterocycles. The SMILES string of the molecule is [2H]c1c([2H])c([2H])c(-c2ccccc2-n2c(-c3cc(C(C)(C)C)cc(C(C)(C)C)c3O)nc3c(-c4cc(-c5ccccc5)cc(-c5cc(-c6ccccc6)ccn5)c4)cccc32)c([2H])c1[2H]. The van der Waals surface area contributed by atoms with E-state index in [1.165, 1.54) is 0 Å². The van der Waals surface area contributed by atoms with Crippen LogP contribution in [-0.2, 0) is 10.8 Å². The van der Waals surface area contributed by atoms with Gasteiger partial charge in [-0.2, -0.15) is 0 Å². The Labute approximate surface area is 360 Å². The second kappa shape index (κ2) is 15.3. The number of hydrogen-bond donors (Lipinski definition) is 1. The van der Waals surface area contributed by atoms with E-state index >= 15 is 0 Å². The Morgan fingerprint density at radius 3 is 1.85 bits per heavy atom. The van der Waals surface area contributed by atoms with Gasteiger partial charge in [-0.1, -0.05) is 169 Å². The molecule has 0 aliphatic rings. The molecule has 7 aromatic carbocycles. The molecule has 1 N–H and O–H groups in total. The fraction of sp³-hybridized carbons (Fsp3) is 0.143. The fourth-order valence-corrected chi connectivity index (χ4v) is 7.96. The quantitative estimate of drug-likeness (QED) is 0.175. The lowest BCUT2D eigenvalue weighted by molar-refractivity contribution is 0.446. The van der Waals surface area contributed by atoms with Crippen molar-refractivity contribution in [3.8, 4) is 78.6 Å². The molecule has 0 unspecified atom stereocenters. The van der Waals surface area contributed by atoms with Crippen LogP contribution in [-0.4, -0.2) is 19.6 Å². The molecule has 0 amide bonds. The molecule has 0 spiro atoms. The van der Waals surface area contributed by atoms with Crippen molar-refractivity contribution < 1.29 is 12.0 Å². The van der Waals surface area contributed by atoms with Gasteiger partial charge in [-0.05, 0) is 98.3 Å². The first kappa shape index (κ1) is 32.9. The number of fused-ring (bicyclic) bond motifs is 1. The van der Waals surface area contributed by atoms with Gasteiger partial charge in [0.05, 0.1) is 34.8 Å². The van der Waals surface area contributed by atoms with Crippen LogP contribution in [0.2, 0.25) is 0 Å². The summed E-state index contributed by atoms with van der Waals surface area (Å²) in [7, 11) is 0. The van der Waals surface area contributed by atoms with Crippen molar-refractivity contribution in [1.29, 1.82) is 0 Å². The van der Waals surface area contributed by atoms with Crippen molar-refractivity contribution in [3.63, 3.8) is 0 Å². The number of para-hydroxylation sites is 2. The summed E-state index contributed by atoms with van der Waals surface area (Å²) in [6.07, 6.45) is 1.85. The Hall–Kier alpha value is -7.04. The summed E-state index contributed by atoms with van der Waals surface area (Å²) in [5.74, 6) is 0.541. The molecule has 0 radical (unpaired) electrons. The predicted molar refractivity (Wildman–Crippen MR) is 251 cm³/mol. The highest BCUT2D eigenvalue weighted by molar-refractivity contribution is 5.98. The highest BCUT2D eigenvalue weighted by atomic mass is 16.3. The van der Waals surface area contributed by atoms with E-state index in [0.29, 0.717) is 33.7 Å². The maximum Gasteiger partial charge on any atom is 0.149 e. The monoisotopic (exact) mass is 784 g/mol. The van der Waals surface area contributed by atoms with E-state index in [4.69, 9.17) is 16.8 Å². The summed E-state index contributed by atoms with van der Waals surface area (Å²) in [5, 5.41) is 12.5. The van der Waals surface area contributed by atoms with Crippen LogP contribution in [0.15, 0.2) is 182 Å². The van der Waals surface area contributed by atoms with E-state index in [9.17, 15) is 5.11 Å². The molecule has 0 fully saturated rings. The standard InChI is InChI=1S/C56H49N3O/c1-55(2,3)44-35-47(53(60)48(36-44)56(4,5)6)54-58-52-46(26-18-28-51(52)59(54)50-27-17-16-25-45(50)39-23-14-9-15-24-39)42-31-41(38-21-12-8-13-22-38)32-43(33-42)49-34-40(29-30-57-49)37-19-10-7-11-20-37/h7-36,60H,1-6H3/i9D,14D,15D,23D,24D. The van der Waals surface area contributed by atoms with Crippen LogP contribution in [0.3, 0.4) is 0 Å². The number of aromatic nitrogens is 3. The van der Waals surface area contributed by atoms with Crippen LogP contribution >= 0.6 is 0 Å². The van der Waals surface area contributed by atoms with Crippen LogP contribution in [0.1, 0.15) is 59.5 Å². The Balaban J connectivity index is 1.38. The molecule has 60 heavy (non-hydrogen) atoms. The summed E-state index contributed by atoms with van der Waals surface area (Å²) in [6.45, 7) is 12.7. The van der Waals surface area contributed by atoms with Crippen molar-refractivity contribution in [2.45, 2.75) is 52.4 Å². The van der Waals surface area contributed by atoms with Crippen LogP contribution < -0.4 is 0 Å². The third kappa shape index (κ3) is 7.30. The topological polar surface area (TPSA) is 50.9 Å². The molecule has 0 aliphatic carbocycles. The van der Waals surface area contributed by atoms with Gasteiger partial charge in [0.25, 0.3) is 0 Å². The van der Waals surface area contributed by atoms with Crippen molar-refractivity contribution >= 4 is 11.0 Å². The third-order valence-electron chi connectivity index (χ3n) is 11.1. The Kier molecular flexibility index (Phi) is 8.37. The Morgan fingerprint density at radius 2 is 1.15 bits per heavy atom. The zero-order chi connectivity index (χ0) is 45.9. The fourth-order valence-electron chi connectivity index (χ4n) is 7.96. The number of nitrogens with zero attached hydrogens (tertiary/aromatic N) is 3. The average Bonchev–Trinajstić information content (AvgIpc) is 3.69. The molecule has 9 rings (SSSR count). The minimum Gasteiger partial charge on any atom is -0.507 e. The first-order valence-electron chi connectivity index (χ1n) is 22.8. The molecule has 4 heteroatoms. The Morgan fingerprint density at radius 1 is 0.517 bits per heavy atom. The summed E-state index contributed by atoms with van der Waals surface area (Å²) in [4.78, 5) is 10.4. The number of rotatable bonds is 7. The maximum atomic E-state index is 12.5. The number of phenols is 1. The second-order valence-corrected chi connectivity index (χ2v) is 17.3. The largest absolute Gasteiger partial charge is 0.507 e. The zero-order valence-electron chi connectivity index (χ0n) is 39.7. The lowest BCUT2D eigenvalue weighted by atomic mass is 9.79. The minimum atomic E-state index is -0.461. The summed E-state index contributed by atoms with van der Waals surface area (Å²) in [6, 6.07) is 46.7. The van der Waals surface area contributed by atoms with E-state index in [2.05, 4.69) is 102 Å². The first-order chi connectivity index (χ1) is 31.0. The number of benzene rings is 7. The van der Waals surface area contributed by atoms with Crippen LogP contribution in [0.4, 0.5) is 0 Å². The van der Waals surface area contributed by atoms with E-state index in [-0.39, 0.29) is 28.8 Å². The highest BCUT2D eigenvalue weighted by Crippen LogP contribution is 2.45. The molecular weight excluding hydrogens is 731 g/mol. The highest BCUT2D eigenvalue weighted by Gasteiger charge is 2.29. The van der Waals surface area contributed by atoms with E-state index in [1.54, 1.807) is 12.1 Å². The van der Waals surface area contributed by atoms with Gasteiger partial charge in [-0.3, -0.25) is 9.55 Å². The van der Waals surface area contributed by atoms with E-state index < -0.39 is 23.5 Å². The predicted octanol–water partition coefficient (Wildman–Crippen LogP) is 14.7. The molecule has 0 atom stereocenters. The minimum absolute atomic E-state index is 0.0732. The summed E-state index contributed by atoms with van der Waals surface area (Å²) in [5.41, 5.74) is 11.6. The number of pyridine rings is 1. The molecule has 294 valence electrons. The van der Waals surface area contributed by atoms with Gasteiger partial charge < -0.3 is 5.11 Å². The van der Waals surface area contributed by atoms with Crippen molar-refractivity contribution in [3.05, 3.63) is 193 Å². The second-order valence-electron chi connectivity index (χ2n) is 17.3. The normalized spacial score (nSPS) is 13.1. The van der Waals surface area contributed by atoms with Gasteiger partial charge in [0.15, 0.2) is 0 Å². The van der Waals surface area contributed by atoms with Crippen LogP contribution in [0.5, 0.6) is 5.75 Å². The van der Waals surface area contributed by atoms with Gasteiger partial charge >= 0.3 is 0 Å². The molecule has 2 aromatic heterocycles. The lowest BCUT2D eigenvalue weighted by Gasteiger charge is -2.27. The number of imidazole rings is 1. The molecular formula is C56H49N3O. The van der Waals surface area contributed by atoms with Gasteiger partial charge in [0.1, 0.15) is 11.6 Å². The molecule has 0 bridgehead atoms. The van der Waals surface area contributed by atoms with Crippen LogP contribution in [0, 0.1) is 0 Å². The average molecular weight is 785 g/mol. The van der Waals surface area contributed by atoms with Gasteiger partial charge in [0, 0.05) is 28.5 Å². The summed E-state index contributed by atoms with van der Waals surface area (Å²) >= 11 is 0. The molecule has 0 aliphatic heterocycles. The maximum absolute atomic E-state index is 12.5. The lowest BCUT2D eigenvalue weighted by Crippen LogP contribution is -2.17. The smallest absolute Gasteiger partial charge is 0.149 e. The van der Waals surface area contributed by atoms with Crippen molar-refractivity contribution in [1.82, 2.24) is 14.5 Å².